The van der Waals surface area contributed by atoms with Crippen molar-refractivity contribution in [1.82, 2.24) is 4.90 Å². The molecule has 5 heteroatoms. The van der Waals surface area contributed by atoms with E-state index in [4.69, 9.17) is 4.74 Å². The third kappa shape index (κ3) is 3.01. The molecule has 2 aromatic carbocycles. The summed E-state index contributed by atoms with van der Waals surface area (Å²) in [6.07, 6.45) is 0.894. The van der Waals surface area contributed by atoms with Crippen molar-refractivity contribution >= 4 is 11.6 Å². The van der Waals surface area contributed by atoms with Gasteiger partial charge in [0.1, 0.15) is 6.61 Å². The first kappa shape index (κ1) is 18.0. The molecule has 0 aromatic heterocycles. The maximum absolute atomic E-state index is 12.7. The largest absolute Gasteiger partial charge is 0.394 e. The lowest BCUT2D eigenvalue weighted by atomic mass is 9.81. The molecule has 2 aliphatic rings. The molecular weight excluding hydrogens is 340 g/mol. The zero-order valence-electron chi connectivity index (χ0n) is 15.8. The Bertz CT molecular complexity index is 824. The first-order valence-electron chi connectivity index (χ1n) is 9.47. The zero-order valence-corrected chi connectivity index (χ0v) is 15.8. The number of nitrogens with zero attached hydrogens (tertiary/aromatic N) is 2. The molecular formula is C22H26N2O3. The van der Waals surface area contributed by atoms with Crippen LogP contribution < -0.4 is 4.90 Å². The van der Waals surface area contributed by atoms with Crippen LogP contribution in [0.2, 0.25) is 0 Å². The standard InChI is InChI=1S/C22H26N2O3/c1-23-19-9-8-16(15-6-4-3-5-7-15)12-18(19)22-17(20(23)13-25)10-11-24(22)21(26)14-27-2/h3-9,12,17,20,22,25H,10-11,13-14H2,1-2H3/t17-,20+,22-/m1/s1. The van der Waals surface area contributed by atoms with E-state index in [1.165, 1.54) is 0 Å². The number of carbonyl (C=O) groups is 1. The van der Waals surface area contributed by atoms with Crippen LogP contribution in [0.25, 0.3) is 11.1 Å². The second kappa shape index (κ2) is 7.33. The summed E-state index contributed by atoms with van der Waals surface area (Å²) in [5.74, 6) is 0.238. The van der Waals surface area contributed by atoms with Crippen LogP contribution in [0.5, 0.6) is 0 Å². The van der Waals surface area contributed by atoms with Crippen molar-refractivity contribution in [3.05, 3.63) is 54.1 Å². The maximum Gasteiger partial charge on any atom is 0.249 e. The Hall–Kier alpha value is -2.37. The van der Waals surface area contributed by atoms with Crippen LogP contribution in [-0.4, -0.2) is 55.9 Å². The summed E-state index contributed by atoms with van der Waals surface area (Å²) in [7, 11) is 3.59. The lowest BCUT2D eigenvalue weighted by Gasteiger charge is -2.44. The zero-order chi connectivity index (χ0) is 19.0. The number of carbonyl (C=O) groups excluding carboxylic acids is 1. The molecule has 4 rings (SSSR count). The number of benzene rings is 2. The molecule has 0 unspecified atom stereocenters. The third-order valence-corrected chi connectivity index (χ3v) is 6.04. The quantitative estimate of drug-likeness (QED) is 0.904. The van der Waals surface area contributed by atoms with Crippen LogP contribution in [0.3, 0.4) is 0 Å². The third-order valence-electron chi connectivity index (χ3n) is 6.04. The van der Waals surface area contributed by atoms with Crippen molar-refractivity contribution in [2.75, 3.05) is 38.8 Å². The van der Waals surface area contributed by atoms with Crippen LogP contribution in [0.15, 0.2) is 48.5 Å². The molecule has 27 heavy (non-hydrogen) atoms. The number of fused-ring (bicyclic) bond motifs is 3. The fourth-order valence-electron chi connectivity index (χ4n) is 4.75. The lowest BCUT2D eigenvalue weighted by Crippen LogP contribution is -2.48. The minimum absolute atomic E-state index is 0.0142. The smallest absolute Gasteiger partial charge is 0.249 e. The molecule has 3 atom stereocenters. The molecule has 142 valence electrons. The van der Waals surface area contributed by atoms with Crippen molar-refractivity contribution < 1.29 is 14.6 Å². The topological polar surface area (TPSA) is 53.0 Å². The van der Waals surface area contributed by atoms with Gasteiger partial charge < -0.3 is 19.6 Å². The Morgan fingerprint density at radius 2 is 1.96 bits per heavy atom. The number of amides is 1. The van der Waals surface area contributed by atoms with Crippen LogP contribution >= 0.6 is 0 Å². The first-order valence-corrected chi connectivity index (χ1v) is 9.47. The second-order valence-corrected chi connectivity index (χ2v) is 7.42. The van der Waals surface area contributed by atoms with Gasteiger partial charge in [-0.3, -0.25) is 4.79 Å². The predicted octanol–water partition coefficient (Wildman–Crippen LogP) is 2.70. The highest BCUT2D eigenvalue weighted by Gasteiger charge is 2.47. The van der Waals surface area contributed by atoms with E-state index in [-0.39, 0.29) is 37.1 Å². The number of hydrogen-bond acceptors (Lipinski definition) is 4. The minimum atomic E-state index is -0.0142. The number of rotatable bonds is 4. The average molecular weight is 366 g/mol. The van der Waals surface area contributed by atoms with E-state index in [0.29, 0.717) is 6.54 Å². The molecule has 2 aromatic rings. The average Bonchev–Trinajstić information content (AvgIpc) is 3.14. The van der Waals surface area contributed by atoms with Gasteiger partial charge in [0.05, 0.1) is 18.7 Å². The van der Waals surface area contributed by atoms with Gasteiger partial charge >= 0.3 is 0 Å². The molecule has 0 radical (unpaired) electrons. The monoisotopic (exact) mass is 366 g/mol. The Morgan fingerprint density at radius 1 is 1.19 bits per heavy atom. The summed E-state index contributed by atoms with van der Waals surface area (Å²) in [4.78, 5) is 16.8. The van der Waals surface area contributed by atoms with Gasteiger partial charge in [-0.1, -0.05) is 36.4 Å². The summed E-state index contributed by atoms with van der Waals surface area (Å²) in [6.45, 7) is 0.886. The molecule has 2 aliphatic heterocycles. The molecule has 0 spiro atoms. The molecule has 1 N–H and O–H groups in total. The highest BCUT2D eigenvalue weighted by Crippen LogP contribution is 2.49. The summed E-state index contributed by atoms with van der Waals surface area (Å²) >= 11 is 0. The summed E-state index contributed by atoms with van der Waals surface area (Å²) < 4.78 is 5.10. The van der Waals surface area contributed by atoms with Crippen LogP contribution in [-0.2, 0) is 9.53 Å². The fourth-order valence-corrected chi connectivity index (χ4v) is 4.75. The van der Waals surface area contributed by atoms with Gasteiger partial charge in [0.15, 0.2) is 0 Å². The van der Waals surface area contributed by atoms with Gasteiger partial charge in [0.25, 0.3) is 0 Å². The van der Waals surface area contributed by atoms with Crippen LogP contribution in [0.1, 0.15) is 18.0 Å². The molecule has 0 aliphatic carbocycles. The second-order valence-electron chi connectivity index (χ2n) is 7.42. The highest BCUT2D eigenvalue weighted by atomic mass is 16.5. The van der Waals surface area contributed by atoms with Crippen molar-refractivity contribution in [2.45, 2.75) is 18.5 Å². The number of methoxy groups -OCH3 is 1. The maximum atomic E-state index is 12.7. The van der Waals surface area contributed by atoms with Gasteiger partial charge in [-0.25, -0.2) is 0 Å². The van der Waals surface area contributed by atoms with Gasteiger partial charge in [0.2, 0.25) is 5.91 Å². The SMILES string of the molecule is COCC(=O)N1CC[C@H]2[C@@H]1c1cc(-c3ccccc3)ccc1N(C)[C@H]2CO. The molecule has 1 saturated heterocycles. The number of ether oxygens (including phenoxy) is 1. The lowest BCUT2D eigenvalue weighted by molar-refractivity contribution is -0.136. The van der Waals surface area contributed by atoms with E-state index in [0.717, 1.165) is 28.8 Å². The molecule has 1 amide bonds. The minimum Gasteiger partial charge on any atom is -0.394 e. The Labute approximate surface area is 160 Å². The Balaban J connectivity index is 1.81. The van der Waals surface area contributed by atoms with Crippen molar-refractivity contribution in [3.8, 4) is 11.1 Å². The normalized spacial score (nSPS) is 23.9. The number of aliphatic hydroxyl groups is 1. The van der Waals surface area contributed by atoms with Gasteiger partial charge in [0, 0.05) is 32.3 Å². The molecule has 0 saturated carbocycles. The van der Waals surface area contributed by atoms with Crippen molar-refractivity contribution in [3.63, 3.8) is 0 Å². The van der Waals surface area contributed by atoms with E-state index < -0.39 is 0 Å². The summed E-state index contributed by atoms with van der Waals surface area (Å²) in [6, 6.07) is 16.7. The summed E-state index contributed by atoms with van der Waals surface area (Å²) in [5.41, 5.74) is 4.56. The molecule has 2 heterocycles. The molecule has 1 fully saturated rings. The van der Waals surface area contributed by atoms with E-state index in [1.54, 1.807) is 7.11 Å². The van der Waals surface area contributed by atoms with E-state index in [1.807, 2.05) is 30.1 Å². The van der Waals surface area contributed by atoms with E-state index >= 15 is 0 Å². The van der Waals surface area contributed by atoms with Gasteiger partial charge in [-0.15, -0.1) is 0 Å². The van der Waals surface area contributed by atoms with Gasteiger partial charge in [-0.05, 0) is 35.2 Å². The van der Waals surface area contributed by atoms with E-state index in [9.17, 15) is 9.90 Å². The molecule has 5 nitrogen and oxygen atoms in total. The van der Waals surface area contributed by atoms with E-state index in [2.05, 4.69) is 35.2 Å². The van der Waals surface area contributed by atoms with Crippen LogP contribution in [0, 0.1) is 5.92 Å². The number of likely N-dealkylation sites (tertiary alicyclic amines) is 1. The van der Waals surface area contributed by atoms with Crippen molar-refractivity contribution in [1.29, 1.82) is 0 Å². The molecule has 0 bridgehead atoms. The number of hydrogen-bond donors (Lipinski definition) is 1. The number of anilines is 1. The predicted molar refractivity (Wildman–Crippen MR) is 106 cm³/mol. The fraction of sp³-hybridized carbons (Fsp3) is 0.409. The Morgan fingerprint density at radius 3 is 2.67 bits per heavy atom. The number of aliphatic hydroxyl groups excluding tert-OH is 1. The highest BCUT2D eigenvalue weighted by molar-refractivity contribution is 5.80. The first-order chi connectivity index (χ1) is 13.2. The number of likely N-dealkylation sites (N-methyl/N-ethyl adjacent to an activating group) is 1. The summed E-state index contributed by atoms with van der Waals surface area (Å²) in [5, 5.41) is 10.0. The van der Waals surface area contributed by atoms with Crippen LogP contribution in [0.4, 0.5) is 5.69 Å². The Kier molecular flexibility index (Phi) is 4.89. The van der Waals surface area contributed by atoms with Gasteiger partial charge in [-0.2, -0.15) is 0 Å². The van der Waals surface area contributed by atoms with Crippen molar-refractivity contribution in [2.24, 2.45) is 5.92 Å².